The predicted molar refractivity (Wildman–Crippen MR) is 164 cm³/mol. The number of benzene rings is 3. The van der Waals surface area contributed by atoms with Crippen molar-refractivity contribution in [1.82, 2.24) is 20.3 Å². The zero-order valence-electron chi connectivity index (χ0n) is 24.5. The largest absolute Gasteiger partial charge is 0.416 e. The highest BCUT2D eigenvalue weighted by Gasteiger charge is 2.39. The van der Waals surface area contributed by atoms with Crippen molar-refractivity contribution < 1.29 is 34.8 Å². The molecule has 0 heterocycles. The smallest absolute Gasteiger partial charge is 0.358 e. The van der Waals surface area contributed by atoms with Gasteiger partial charge in [-0.2, -0.15) is 26.3 Å². The van der Waals surface area contributed by atoms with Crippen LogP contribution in [0.25, 0.3) is 0 Å². The Balaban J connectivity index is 1.76. The van der Waals surface area contributed by atoms with Crippen LogP contribution in [-0.2, 0) is 22.4 Å². The molecule has 0 radical (unpaired) electrons. The van der Waals surface area contributed by atoms with Gasteiger partial charge in [-0.1, -0.05) is 73.5 Å². The van der Waals surface area contributed by atoms with Crippen LogP contribution >= 0.6 is 12.2 Å². The maximum atomic E-state index is 13.7. The minimum atomic E-state index is -5.22. The Morgan fingerprint density at radius 3 is 1.78 bits per heavy atom. The van der Waals surface area contributed by atoms with Gasteiger partial charge in [-0.05, 0) is 68.5 Å². The van der Waals surface area contributed by atoms with Gasteiger partial charge in [0.25, 0.3) is 0 Å². The molecule has 0 amide bonds. The minimum absolute atomic E-state index is 0.00272. The quantitative estimate of drug-likeness (QED) is 0.171. The molecule has 45 heavy (non-hydrogen) atoms. The molecule has 1 fully saturated rings. The molecule has 3 aromatic carbocycles. The number of alkyl halides is 6. The van der Waals surface area contributed by atoms with Crippen molar-refractivity contribution in [1.29, 1.82) is 0 Å². The second kappa shape index (κ2) is 14.1. The normalized spacial score (nSPS) is 19.1. The van der Waals surface area contributed by atoms with Gasteiger partial charge in [0.15, 0.2) is 5.11 Å². The van der Waals surface area contributed by atoms with Crippen LogP contribution in [0.4, 0.5) is 26.3 Å². The van der Waals surface area contributed by atoms with Crippen LogP contribution in [0, 0.1) is 0 Å². The molecule has 6 nitrogen and oxygen atoms in total. The summed E-state index contributed by atoms with van der Waals surface area (Å²) in [6, 6.07) is 15.2. The van der Waals surface area contributed by atoms with Gasteiger partial charge in [-0.15, -0.1) is 0 Å². The van der Waals surface area contributed by atoms with E-state index < -0.39 is 50.5 Å². The fourth-order valence-electron chi connectivity index (χ4n) is 5.57. The van der Waals surface area contributed by atoms with Gasteiger partial charge < -0.3 is 15.5 Å². The fourth-order valence-corrected chi connectivity index (χ4v) is 7.16. The molecule has 3 aromatic rings. The van der Waals surface area contributed by atoms with Crippen LogP contribution in [-0.4, -0.2) is 44.6 Å². The first-order chi connectivity index (χ1) is 21.1. The summed E-state index contributed by atoms with van der Waals surface area (Å²) in [5, 5.41) is 6.77. The lowest BCUT2D eigenvalue weighted by Gasteiger charge is -2.38. The molecule has 1 saturated carbocycles. The third-order valence-corrected chi connectivity index (χ3v) is 9.46. The standard InChI is InChI=1S/C31H34F6N4O2S2/c1-41(2)26-16-10-9-15-25(26)38-29(44)39-27(20-11-5-3-6-12-20)28(21-13-7-4-8-14-21)40-45(42,43)24-18-22(30(32,33)34)17-23(19-24)31(35,36)37/h3-8,11-14,17-19,25-28,40H,9-10,15-16H2,1-2H3,(H2,38,39,44)/t25-,26-,27-,28-/m1/s1. The number of rotatable bonds is 9. The Hall–Kier alpha value is -3.20. The molecule has 1 aliphatic rings. The molecule has 0 saturated heterocycles. The van der Waals surface area contributed by atoms with Gasteiger partial charge in [0, 0.05) is 12.1 Å². The summed E-state index contributed by atoms with van der Waals surface area (Å²) < 4.78 is 111. The topological polar surface area (TPSA) is 73.5 Å². The predicted octanol–water partition coefficient (Wildman–Crippen LogP) is 6.82. The van der Waals surface area contributed by atoms with Crippen molar-refractivity contribution in [3.8, 4) is 0 Å². The third kappa shape index (κ3) is 8.96. The lowest BCUT2D eigenvalue weighted by atomic mass is 9.89. The summed E-state index contributed by atoms with van der Waals surface area (Å²) in [6.45, 7) is 0. The van der Waals surface area contributed by atoms with Gasteiger partial charge in [0.05, 0.1) is 28.1 Å². The molecule has 0 bridgehead atoms. The van der Waals surface area contributed by atoms with E-state index in [-0.39, 0.29) is 35.4 Å². The number of hydrogen-bond acceptors (Lipinski definition) is 4. The maximum Gasteiger partial charge on any atom is 0.416 e. The van der Waals surface area contributed by atoms with Crippen LogP contribution in [0.1, 0.15) is 60.0 Å². The second-order valence-corrected chi connectivity index (χ2v) is 13.3. The zero-order chi connectivity index (χ0) is 33.0. The molecular weight excluding hydrogens is 638 g/mol. The van der Waals surface area contributed by atoms with E-state index in [0.29, 0.717) is 11.1 Å². The molecule has 0 spiro atoms. The summed E-state index contributed by atoms with van der Waals surface area (Å²) in [4.78, 5) is 0.938. The molecule has 4 rings (SSSR count). The summed E-state index contributed by atoms with van der Waals surface area (Å²) >= 11 is 5.70. The first kappa shape index (κ1) is 34.7. The van der Waals surface area contributed by atoms with E-state index in [9.17, 15) is 34.8 Å². The van der Waals surface area contributed by atoms with E-state index in [2.05, 4.69) is 20.3 Å². The SMILES string of the molecule is CN(C)[C@@H]1CCCC[C@H]1NC(=S)N[C@H](c1ccccc1)[C@H](NS(=O)(=O)c1cc(C(F)(F)F)cc(C(F)(F)F)c1)c1ccccc1. The molecular formula is C31H34F6N4O2S2. The van der Waals surface area contributed by atoms with E-state index in [1.165, 1.54) is 0 Å². The van der Waals surface area contributed by atoms with Crippen LogP contribution in [0.15, 0.2) is 83.8 Å². The van der Waals surface area contributed by atoms with Crippen molar-refractivity contribution >= 4 is 27.4 Å². The summed E-state index contributed by atoms with van der Waals surface area (Å²) in [6.07, 6.45) is -6.57. The summed E-state index contributed by atoms with van der Waals surface area (Å²) in [7, 11) is -1.01. The number of thiocarbonyl (C=S) groups is 1. The van der Waals surface area contributed by atoms with Gasteiger partial charge in [0.1, 0.15) is 0 Å². The van der Waals surface area contributed by atoms with E-state index in [4.69, 9.17) is 12.2 Å². The average molecular weight is 673 g/mol. The zero-order valence-corrected chi connectivity index (χ0v) is 26.1. The van der Waals surface area contributed by atoms with Crippen molar-refractivity contribution in [2.75, 3.05) is 14.1 Å². The van der Waals surface area contributed by atoms with E-state index >= 15 is 0 Å². The maximum absolute atomic E-state index is 13.7. The number of halogens is 6. The first-order valence-electron chi connectivity index (χ1n) is 14.2. The monoisotopic (exact) mass is 672 g/mol. The first-order valence-corrected chi connectivity index (χ1v) is 16.1. The molecule has 4 atom stereocenters. The Morgan fingerprint density at radius 2 is 1.29 bits per heavy atom. The highest BCUT2D eigenvalue weighted by atomic mass is 32.2. The Labute approximate surface area is 264 Å². The van der Waals surface area contributed by atoms with Gasteiger partial charge in [-0.3, -0.25) is 0 Å². The van der Waals surface area contributed by atoms with Gasteiger partial charge >= 0.3 is 12.4 Å². The fraction of sp³-hybridized carbons (Fsp3) is 0.387. The molecule has 0 unspecified atom stereocenters. The van der Waals surface area contributed by atoms with Crippen molar-refractivity contribution in [3.05, 3.63) is 101 Å². The highest BCUT2D eigenvalue weighted by molar-refractivity contribution is 7.89. The van der Waals surface area contributed by atoms with Crippen molar-refractivity contribution in [2.24, 2.45) is 0 Å². The molecule has 0 aromatic heterocycles. The van der Waals surface area contributed by atoms with Gasteiger partial charge in [-0.25, -0.2) is 13.1 Å². The second-order valence-electron chi connectivity index (χ2n) is 11.2. The lowest BCUT2D eigenvalue weighted by molar-refractivity contribution is -0.143. The van der Waals surface area contributed by atoms with Crippen LogP contribution in [0.3, 0.4) is 0 Å². The molecule has 0 aliphatic heterocycles. The Morgan fingerprint density at radius 1 is 0.800 bits per heavy atom. The Bertz CT molecular complexity index is 1520. The summed E-state index contributed by atoms with van der Waals surface area (Å²) in [5.74, 6) is 0. The Kier molecular flexibility index (Phi) is 10.8. The van der Waals surface area contributed by atoms with E-state index in [1.54, 1.807) is 60.7 Å². The molecule has 244 valence electrons. The van der Waals surface area contributed by atoms with E-state index in [0.717, 1.165) is 25.7 Å². The average Bonchev–Trinajstić information content (AvgIpc) is 2.99. The molecule has 14 heteroatoms. The van der Waals surface area contributed by atoms with Gasteiger partial charge in [0.2, 0.25) is 10.0 Å². The number of sulfonamides is 1. The minimum Gasteiger partial charge on any atom is -0.358 e. The van der Waals surface area contributed by atoms with E-state index in [1.807, 2.05) is 14.1 Å². The van der Waals surface area contributed by atoms with Crippen LogP contribution < -0.4 is 15.4 Å². The number of nitrogens with zero attached hydrogens (tertiary/aromatic N) is 1. The van der Waals surface area contributed by atoms with Crippen LogP contribution in [0.2, 0.25) is 0 Å². The lowest BCUT2D eigenvalue weighted by Crippen LogP contribution is -2.54. The summed E-state index contributed by atoms with van der Waals surface area (Å²) in [5.41, 5.74) is -2.50. The highest BCUT2D eigenvalue weighted by Crippen LogP contribution is 2.38. The van der Waals surface area contributed by atoms with Crippen molar-refractivity contribution in [3.63, 3.8) is 0 Å². The number of nitrogens with one attached hydrogen (secondary N) is 3. The number of hydrogen-bond donors (Lipinski definition) is 3. The number of likely N-dealkylation sites (N-methyl/N-ethyl adjacent to an activating group) is 1. The molecule has 1 aliphatic carbocycles. The van der Waals surface area contributed by atoms with Crippen LogP contribution in [0.5, 0.6) is 0 Å². The van der Waals surface area contributed by atoms with Crippen molar-refractivity contribution in [2.45, 2.75) is 67.1 Å². The third-order valence-electron chi connectivity index (χ3n) is 7.80. The molecule has 3 N–H and O–H groups in total.